The molecule has 0 spiro atoms. The van der Waals surface area contributed by atoms with Gasteiger partial charge in [-0.2, -0.15) is 0 Å². The van der Waals surface area contributed by atoms with Gasteiger partial charge < -0.3 is 5.11 Å². The van der Waals surface area contributed by atoms with E-state index in [4.69, 9.17) is 0 Å². The van der Waals surface area contributed by atoms with Gasteiger partial charge in [-0.15, -0.1) is 0 Å². The summed E-state index contributed by atoms with van der Waals surface area (Å²) < 4.78 is 11.9. The lowest BCUT2D eigenvalue weighted by Gasteiger charge is -2.21. The Morgan fingerprint density at radius 2 is 1.92 bits per heavy atom. The molecule has 1 atom stereocenters. The molecule has 0 saturated carbocycles. The van der Waals surface area contributed by atoms with Crippen LogP contribution >= 0.6 is 0 Å². The molecule has 0 saturated heterocycles. The molecule has 12 heavy (non-hydrogen) atoms. The molecule has 0 aromatic heterocycles. The Hall–Kier alpha value is -0.110. The molecule has 0 aliphatic rings. The van der Waals surface area contributed by atoms with Crippen LogP contribution < -0.4 is 0 Å². The van der Waals surface area contributed by atoms with E-state index in [1.807, 2.05) is 0 Å². The van der Waals surface area contributed by atoms with Gasteiger partial charge in [0, 0.05) is 6.42 Å². The third-order valence-electron chi connectivity index (χ3n) is 2.13. The predicted octanol–water partition coefficient (Wildman–Crippen LogP) is 2.92. The minimum absolute atomic E-state index is 0.269. The van der Waals surface area contributed by atoms with E-state index in [1.165, 1.54) is 0 Å². The number of alkyl halides is 1. The van der Waals surface area contributed by atoms with Gasteiger partial charge in [0.05, 0.1) is 12.3 Å². The van der Waals surface area contributed by atoms with Crippen LogP contribution in [0.1, 0.15) is 46.5 Å². The lowest BCUT2D eigenvalue weighted by Crippen LogP contribution is -2.24. The molecule has 0 amide bonds. The molecule has 0 unspecified atom stereocenters. The highest BCUT2D eigenvalue weighted by Gasteiger charge is 2.18. The van der Waals surface area contributed by atoms with Gasteiger partial charge in [0.1, 0.15) is 0 Å². The van der Waals surface area contributed by atoms with Crippen molar-refractivity contribution < 1.29 is 9.50 Å². The van der Waals surface area contributed by atoms with Gasteiger partial charge in [0.2, 0.25) is 0 Å². The summed E-state index contributed by atoms with van der Waals surface area (Å²) in [6.07, 6.45) is 3.09. The van der Waals surface area contributed by atoms with Crippen molar-refractivity contribution in [2.45, 2.75) is 52.1 Å². The molecular weight excluding hydrogens is 155 g/mol. The van der Waals surface area contributed by atoms with Crippen molar-refractivity contribution in [3.05, 3.63) is 0 Å². The summed E-state index contributed by atoms with van der Waals surface area (Å²) in [6.45, 7) is 5.61. The number of hydrogen-bond donors (Lipinski definition) is 1. The van der Waals surface area contributed by atoms with Crippen LogP contribution in [0.15, 0.2) is 0 Å². The molecule has 0 aliphatic carbocycles. The predicted molar refractivity (Wildman–Crippen MR) is 49.9 cm³/mol. The second-order valence-electron chi connectivity index (χ2n) is 4.22. The summed E-state index contributed by atoms with van der Waals surface area (Å²) in [7, 11) is 0. The van der Waals surface area contributed by atoms with Crippen LogP contribution in [0.4, 0.5) is 4.39 Å². The Morgan fingerprint density at radius 1 is 1.33 bits per heavy atom. The van der Waals surface area contributed by atoms with Crippen molar-refractivity contribution in [1.29, 1.82) is 0 Å². The molecule has 0 aromatic rings. The summed E-state index contributed by atoms with van der Waals surface area (Å²) in [5.74, 6) is 0.672. The van der Waals surface area contributed by atoms with Gasteiger partial charge in [-0.05, 0) is 19.3 Å². The van der Waals surface area contributed by atoms with E-state index in [2.05, 4.69) is 13.8 Å². The molecule has 0 aliphatic heterocycles. The minimum atomic E-state index is -0.788. The molecule has 0 radical (unpaired) electrons. The van der Waals surface area contributed by atoms with Crippen molar-refractivity contribution in [3.63, 3.8) is 0 Å². The number of aliphatic hydroxyl groups is 1. The average molecular weight is 176 g/mol. The Balaban J connectivity index is 3.46. The first-order chi connectivity index (χ1) is 5.48. The van der Waals surface area contributed by atoms with Crippen molar-refractivity contribution in [3.8, 4) is 0 Å². The monoisotopic (exact) mass is 176 g/mol. The van der Waals surface area contributed by atoms with Gasteiger partial charge in [-0.25, -0.2) is 0 Å². The van der Waals surface area contributed by atoms with Gasteiger partial charge in [-0.3, -0.25) is 4.39 Å². The molecule has 0 bridgehead atoms. The highest BCUT2D eigenvalue weighted by Crippen LogP contribution is 2.19. The van der Waals surface area contributed by atoms with E-state index in [0.717, 1.165) is 19.3 Å². The fraction of sp³-hybridized carbons (Fsp3) is 1.00. The average Bonchev–Trinajstić information content (AvgIpc) is 1.85. The quantitative estimate of drug-likeness (QED) is 0.659. The molecule has 1 N–H and O–H groups in total. The second-order valence-corrected chi connectivity index (χ2v) is 4.22. The lowest BCUT2D eigenvalue weighted by molar-refractivity contribution is 0.0324. The van der Waals surface area contributed by atoms with E-state index in [0.29, 0.717) is 5.92 Å². The lowest BCUT2D eigenvalue weighted by atomic mass is 9.94. The third-order valence-corrected chi connectivity index (χ3v) is 2.13. The van der Waals surface area contributed by atoms with E-state index >= 15 is 0 Å². The fourth-order valence-electron chi connectivity index (χ4n) is 1.22. The van der Waals surface area contributed by atoms with E-state index < -0.39 is 12.3 Å². The topological polar surface area (TPSA) is 20.2 Å². The number of rotatable bonds is 6. The maximum absolute atomic E-state index is 11.9. The Kier molecular flexibility index (Phi) is 5.47. The Morgan fingerprint density at radius 3 is 2.33 bits per heavy atom. The van der Waals surface area contributed by atoms with Crippen LogP contribution in [0, 0.1) is 5.92 Å². The zero-order chi connectivity index (χ0) is 9.61. The second kappa shape index (κ2) is 5.52. The summed E-state index contributed by atoms with van der Waals surface area (Å²) in [6, 6.07) is 0. The summed E-state index contributed by atoms with van der Waals surface area (Å²) in [5.41, 5.74) is -0.788. The van der Waals surface area contributed by atoms with Crippen LogP contribution in [-0.4, -0.2) is 17.4 Å². The summed E-state index contributed by atoms with van der Waals surface area (Å²) in [4.78, 5) is 0. The van der Waals surface area contributed by atoms with Gasteiger partial charge in [0.15, 0.2) is 0 Å². The van der Waals surface area contributed by atoms with Crippen LogP contribution in [0.2, 0.25) is 0 Å². The normalized spacial score (nSPS) is 16.5. The van der Waals surface area contributed by atoms with Gasteiger partial charge >= 0.3 is 0 Å². The summed E-state index contributed by atoms with van der Waals surface area (Å²) >= 11 is 0. The van der Waals surface area contributed by atoms with Crippen LogP contribution in [-0.2, 0) is 0 Å². The molecule has 74 valence electrons. The standard InChI is InChI=1S/C10H21FO/c1-9(2)5-4-6-10(3,12)7-8-11/h9,12H,4-8H2,1-3H3/t10-/m1/s1. The van der Waals surface area contributed by atoms with E-state index in [-0.39, 0.29) is 6.42 Å². The highest BCUT2D eigenvalue weighted by atomic mass is 19.1. The Bertz CT molecular complexity index is 110. The zero-order valence-corrected chi connectivity index (χ0v) is 8.44. The fourth-order valence-corrected chi connectivity index (χ4v) is 1.22. The molecule has 0 rings (SSSR count). The molecule has 0 heterocycles. The van der Waals surface area contributed by atoms with Crippen molar-refractivity contribution in [1.82, 2.24) is 0 Å². The first-order valence-electron chi connectivity index (χ1n) is 4.76. The molecule has 0 fully saturated rings. The van der Waals surface area contributed by atoms with Crippen LogP contribution in [0.25, 0.3) is 0 Å². The highest BCUT2D eigenvalue weighted by molar-refractivity contribution is 4.71. The zero-order valence-electron chi connectivity index (χ0n) is 8.44. The summed E-state index contributed by atoms with van der Waals surface area (Å²) in [5, 5.41) is 9.59. The molecule has 2 heteroatoms. The van der Waals surface area contributed by atoms with Crippen molar-refractivity contribution in [2.24, 2.45) is 5.92 Å². The van der Waals surface area contributed by atoms with E-state index in [1.54, 1.807) is 6.92 Å². The smallest absolute Gasteiger partial charge is 0.0921 e. The van der Waals surface area contributed by atoms with Crippen molar-refractivity contribution in [2.75, 3.05) is 6.67 Å². The van der Waals surface area contributed by atoms with Crippen LogP contribution in [0.5, 0.6) is 0 Å². The Labute approximate surface area is 75.0 Å². The molecule has 0 aromatic carbocycles. The first-order valence-corrected chi connectivity index (χ1v) is 4.76. The number of halogens is 1. The maximum Gasteiger partial charge on any atom is 0.0921 e. The third kappa shape index (κ3) is 6.59. The van der Waals surface area contributed by atoms with Gasteiger partial charge in [-0.1, -0.05) is 26.7 Å². The SMILES string of the molecule is CC(C)CCC[C@@](C)(O)CCF. The molecular formula is C10H21FO. The van der Waals surface area contributed by atoms with Crippen LogP contribution in [0.3, 0.4) is 0 Å². The minimum Gasteiger partial charge on any atom is -0.390 e. The van der Waals surface area contributed by atoms with E-state index in [9.17, 15) is 9.50 Å². The number of hydrogen-bond acceptors (Lipinski definition) is 1. The van der Waals surface area contributed by atoms with Crippen molar-refractivity contribution >= 4 is 0 Å². The van der Waals surface area contributed by atoms with Gasteiger partial charge in [0.25, 0.3) is 0 Å². The maximum atomic E-state index is 11.9. The molecule has 1 nitrogen and oxygen atoms in total. The largest absolute Gasteiger partial charge is 0.390 e. The first kappa shape index (κ1) is 11.9.